The largest absolute Gasteiger partial charge is 0.439 e. The summed E-state index contributed by atoms with van der Waals surface area (Å²) in [6.07, 6.45) is 6.18. The minimum atomic E-state index is -0.535. The number of rotatable bonds is 6. The normalized spacial score (nSPS) is 10.6. The molecule has 0 radical (unpaired) electrons. The van der Waals surface area contributed by atoms with Gasteiger partial charge in [0.2, 0.25) is 17.7 Å². The zero-order chi connectivity index (χ0) is 18.4. The number of anilines is 1. The van der Waals surface area contributed by atoms with Gasteiger partial charge in [0.05, 0.1) is 11.9 Å². The average molecular weight is 366 g/mol. The number of hydrogen-bond acceptors (Lipinski definition) is 6. The summed E-state index contributed by atoms with van der Waals surface area (Å²) < 4.78 is 5.57. The standard InChI is InChI=1S/C18H14N4O3S/c19-18(24)12-2-1-3-14(10-12)25-16-6-4-13(11-21-16)22-15(23)5-7-17-20-8-9-26-17/h1-11H,(H2,19,24)(H,22,23)/b7-5+. The third-order valence-electron chi connectivity index (χ3n) is 3.17. The first kappa shape index (κ1) is 17.3. The lowest BCUT2D eigenvalue weighted by atomic mass is 10.2. The second-order valence-electron chi connectivity index (χ2n) is 5.07. The van der Waals surface area contributed by atoms with Gasteiger partial charge in [0.1, 0.15) is 10.8 Å². The molecule has 2 aromatic heterocycles. The van der Waals surface area contributed by atoms with Gasteiger partial charge in [-0.15, -0.1) is 11.3 Å². The number of carbonyl (C=O) groups is 2. The highest BCUT2D eigenvalue weighted by Gasteiger charge is 2.05. The quantitative estimate of drug-likeness (QED) is 0.652. The Balaban J connectivity index is 1.60. The maximum atomic E-state index is 11.9. The van der Waals surface area contributed by atoms with Crippen LogP contribution < -0.4 is 15.8 Å². The predicted molar refractivity (Wildman–Crippen MR) is 99.0 cm³/mol. The highest BCUT2D eigenvalue weighted by molar-refractivity contribution is 7.10. The van der Waals surface area contributed by atoms with Gasteiger partial charge in [0.25, 0.3) is 0 Å². The van der Waals surface area contributed by atoms with Gasteiger partial charge in [-0.25, -0.2) is 9.97 Å². The molecule has 0 unspecified atom stereocenters. The van der Waals surface area contributed by atoms with Gasteiger partial charge < -0.3 is 15.8 Å². The zero-order valence-corrected chi connectivity index (χ0v) is 14.3. The number of nitrogens with two attached hydrogens (primary N) is 1. The van der Waals surface area contributed by atoms with Crippen molar-refractivity contribution in [3.8, 4) is 11.6 Å². The van der Waals surface area contributed by atoms with Crippen LogP contribution >= 0.6 is 11.3 Å². The minimum Gasteiger partial charge on any atom is -0.439 e. The van der Waals surface area contributed by atoms with E-state index < -0.39 is 5.91 Å². The van der Waals surface area contributed by atoms with Crippen LogP contribution in [0.25, 0.3) is 6.08 Å². The van der Waals surface area contributed by atoms with Crippen molar-refractivity contribution in [1.82, 2.24) is 9.97 Å². The first-order valence-electron chi connectivity index (χ1n) is 7.52. The summed E-state index contributed by atoms with van der Waals surface area (Å²) in [5.41, 5.74) is 6.11. The lowest BCUT2D eigenvalue weighted by Crippen LogP contribution is -2.10. The smallest absolute Gasteiger partial charge is 0.248 e. The van der Waals surface area contributed by atoms with Gasteiger partial charge in [-0.1, -0.05) is 6.07 Å². The Labute approximate surface area is 153 Å². The number of amides is 2. The number of primary amides is 1. The molecular formula is C18H14N4O3S. The number of benzene rings is 1. The molecule has 0 bridgehead atoms. The van der Waals surface area contributed by atoms with Gasteiger partial charge in [-0.05, 0) is 30.3 Å². The fraction of sp³-hybridized carbons (Fsp3) is 0. The van der Waals surface area contributed by atoms with Crippen molar-refractivity contribution < 1.29 is 14.3 Å². The number of carbonyl (C=O) groups excluding carboxylic acids is 2. The van der Waals surface area contributed by atoms with Crippen LogP contribution in [0.1, 0.15) is 15.4 Å². The Hall–Kier alpha value is -3.52. The maximum absolute atomic E-state index is 11.9. The number of thiazole rings is 1. The first-order valence-corrected chi connectivity index (χ1v) is 8.40. The lowest BCUT2D eigenvalue weighted by molar-refractivity contribution is -0.111. The zero-order valence-electron chi connectivity index (χ0n) is 13.5. The van der Waals surface area contributed by atoms with Gasteiger partial charge >= 0.3 is 0 Å². The molecule has 3 rings (SSSR count). The van der Waals surface area contributed by atoms with Crippen LogP contribution in [0.2, 0.25) is 0 Å². The lowest BCUT2D eigenvalue weighted by Gasteiger charge is -2.07. The van der Waals surface area contributed by atoms with Gasteiger partial charge in [-0.2, -0.15) is 0 Å². The third-order valence-corrected chi connectivity index (χ3v) is 3.91. The molecule has 3 N–H and O–H groups in total. The van der Waals surface area contributed by atoms with Crippen molar-refractivity contribution in [3.05, 3.63) is 70.8 Å². The molecule has 0 fully saturated rings. The molecule has 7 nitrogen and oxygen atoms in total. The Morgan fingerprint density at radius 3 is 2.77 bits per heavy atom. The summed E-state index contributed by atoms with van der Waals surface area (Å²) in [5, 5.41) is 5.27. The maximum Gasteiger partial charge on any atom is 0.248 e. The van der Waals surface area contributed by atoms with E-state index in [9.17, 15) is 9.59 Å². The molecular weight excluding hydrogens is 352 g/mol. The molecule has 0 spiro atoms. The van der Waals surface area contributed by atoms with Crippen LogP contribution in [0.3, 0.4) is 0 Å². The van der Waals surface area contributed by atoms with E-state index in [4.69, 9.17) is 10.5 Å². The van der Waals surface area contributed by atoms with Crippen molar-refractivity contribution in [3.63, 3.8) is 0 Å². The molecule has 0 aliphatic heterocycles. The van der Waals surface area contributed by atoms with E-state index in [1.165, 1.54) is 29.7 Å². The van der Waals surface area contributed by atoms with Gasteiger partial charge in [-0.3, -0.25) is 9.59 Å². The number of pyridine rings is 1. The fourth-order valence-corrected chi connectivity index (χ4v) is 2.53. The van der Waals surface area contributed by atoms with Crippen molar-refractivity contribution in [1.29, 1.82) is 0 Å². The Kier molecular flexibility index (Phi) is 5.35. The fourth-order valence-electron chi connectivity index (χ4n) is 2.00. The van der Waals surface area contributed by atoms with Gasteiger partial charge in [0.15, 0.2) is 0 Å². The number of ether oxygens (including phenoxy) is 1. The monoisotopic (exact) mass is 366 g/mol. The summed E-state index contributed by atoms with van der Waals surface area (Å²) in [4.78, 5) is 31.2. The van der Waals surface area contributed by atoms with E-state index in [1.807, 2.05) is 5.38 Å². The SMILES string of the molecule is NC(=O)c1cccc(Oc2ccc(NC(=O)/C=C/c3nccs3)cn2)c1. The molecule has 3 aromatic rings. The summed E-state index contributed by atoms with van der Waals surface area (Å²) in [7, 11) is 0. The van der Waals surface area contributed by atoms with E-state index in [1.54, 1.807) is 42.6 Å². The predicted octanol–water partition coefficient (Wildman–Crippen LogP) is 3.08. The highest BCUT2D eigenvalue weighted by atomic mass is 32.1. The average Bonchev–Trinajstić information content (AvgIpc) is 3.15. The van der Waals surface area contributed by atoms with Crippen LogP contribution in [0.4, 0.5) is 5.69 Å². The number of nitrogens with zero attached hydrogens (tertiary/aromatic N) is 2. The molecule has 26 heavy (non-hydrogen) atoms. The van der Waals surface area contributed by atoms with E-state index in [0.717, 1.165) is 5.01 Å². The van der Waals surface area contributed by atoms with Crippen molar-refractivity contribution >= 4 is 34.9 Å². The molecule has 130 valence electrons. The molecule has 8 heteroatoms. The highest BCUT2D eigenvalue weighted by Crippen LogP contribution is 2.21. The summed E-state index contributed by atoms with van der Waals surface area (Å²) in [6.45, 7) is 0. The topological polar surface area (TPSA) is 107 Å². The van der Waals surface area contributed by atoms with Crippen LogP contribution in [-0.2, 0) is 4.79 Å². The van der Waals surface area contributed by atoms with Crippen LogP contribution in [-0.4, -0.2) is 21.8 Å². The number of aromatic nitrogens is 2. The Morgan fingerprint density at radius 2 is 2.08 bits per heavy atom. The van der Waals surface area contributed by atoms with E-state index in [2.05, 4.69) is 15.3 Å². The van der Waals surface area contributed by atoms with Crippen LogP contribution in [0.15, 0.2) is 60.2 Å². The molecule has 2 heterocycles. The second kappa shape index (κ2) is 8.04. The van der Waals surface area contributed by atoms with E-state index in [-0.39, 0.29) is 5.91 Å². The van der Waals surface area contributed by atoms with Gasteiger partial charge in [0, 0.05) is 29.3 Å². The first-order chi connectivity index (χ1) is 12.6. The second-order valence-corrected chi connectivity index (χ2v) is 6.00. The Bertz CT molecular complexity index is 937. The molecule has 1 aromatic carbocycles. The van der Waals surface area contributed by atoms with E-state index in [0.29, 0.717) is 22.9 Å². The summed E-state index contributed by atoms with van der Waals surface area (Å²) >= 11 is 1.44. The molecule has 0 saturated carbocycles. The van der Waals surface area contributed by atoms with Crippen LogP contribution in [0.5, 0.6) is 11.6 Å². The molecule has 0 aliphatic carbocycles. The number of nitrogens with one attached hydrogen (secondary N) is 1. The van der Waals surface area contributed by atoms with Crippen molar-refractivity contribution in [2.45, 2.75) is 0 Å². The van der Waals surface area contributed by atoms with Crippen molar-refractivity contribution in [2.24, 2.45) is 5.73 Å². The third kappa shape index (κ3) is 4.74. The summed E-state index contributed by atoms with van der Waals surface area (Å²) in [5.74, 6) is -0.0583. The molecule has 2 amide bonds. The van der Waals surface area contributed by atoms with E-state index >= 15 is 0 Å². The minimum absolute atomic E-state index is 0.287. The van der Waals surface area contributed by atoms with Crippen LogP contribution in [0, 0.1) is 0 Å². The molecule has 0 saturated heterocycles. The molecule has 0 aliphatic rings. The number of hydrogen-bond donors (Lipinski definition) is 2. The van der Waals surface area contributed by atoms with Crippen molar-refractivity contribution in [2.75, 3.05) is 5.32 Å². The Morgan fingerprint density at radius 1 is 1.19 bits per heavy atom. The molecule has 0 atom stereocenters. The summed E-state index contributed by atoms with van der Waals surface area (Å²) in [6, 6.07) is 9.75.